The van der Waals surface area contributed by atoms with Crippen LogP contribution in [0.15, 0.2) is 71.3 Å². The molecule has 2 aromatic carbocycles. The second-order valence-electron chi connectivity index (χ2n) is 6.35. The van der Waals surface area contributed by atoms with Crippen LogP contribution >= 0.6 is 0 Å². The van der Waals surface area contributed by atoms with Crippen molar-refractivity contribution in [3.05, 3.63) is 84.1 Å². The van der Waals surface area contributed by atoms with E-state index in [2.05, 4.69) is 10.4 Å². The predicted molar refractivity (Wildman–Crippen MR) is 106 cm³/mol. The lowest BCUT2D eigenvalue weighted by atomic mass is 10.1. The maximum Gasteiger partial charge on any atom is 0.287 e. The van der Waals surface area contributed by atoms with Crippen molar-refractivity contribution in [2.45, 2.75) is 26.6 Å². The maximum absolute atomic E-state index is 12.3. The second kappa shape index (κ2) is 8.00. The molecule has 0 aliphatic rings. The molecular weight excluding hydrogens is 354 g/mol. The van der Waals surface area contributed by atoms with Gasteiger partial charge in [-0.3, -0.25) is 9.48 Å². The van der Waals surface area contributed by atoms with Crippen LogP contribution in [0.25, 0.3) is 10.8 Å². The minimum absolute atomic E-state index is 0.254. The Morgan fingerprint density at radius 3 is 2.86 bits per heavy atom. The van der Waals surface area contributed by atoms with Gasteiger partial charge in [-0.1, -0.05) is 36.4 Å². The molecule has 0 aliphatic heterocycles. The van der Waals surface area contributed by atoms with Gasteiger partial charge in [0.25, 0.3) is 5.91 Å². The predicted octanol–water partition coefficient (Wildman–Crippen LogP) is 4.16. The largest absolute Gasteiger partial charge is 0.485 e. The number of nitrogens with one attached hydrogen (secondary N) is 1. The molecule has 28 heavy (non-hydrogen) atoms. The van der Waals surface area contributed by atoms with Gasteiger partial charge >= 0.3 is 0 Å². The third-order valence-corrected chi connectivity index (χ3v) is 4.54. The van der Waals surface area contributed by atoms with Gasteiger partial charge in [-0.25, -0.2) is 0 Å². The van der Waals surface area contributed by atoms with Crippen molar-refractivity contribution in [3.8, 4) is 5.75 Å². The molecule has 0 aliphatic carbocycles. The summed E-state index contributed by atoms with van der Waals surface area (Å²) in [6.07, 6.45) is 1.72. The van der Waals surface area contributed by atoms with E-state index >= 15 is 0 Å². The highest BCUT2D eigenvalue weighted by Gasteiger charge is 2.13. The number of fused-ring (bicyclic) bond motifs is 1. The standard InChI is InChI=1S/C22H21N3O3/c1-2-25-17(12-13-24-25)14-23-22(26)21-11-10-18(28-21)15-27-20-9-5-7-16-6-3-4-8-19(16)20/h3-13H,2,14-15H2,1H3,(H,23,26). The Morgan fingerprint density at radius 1 is 1.11 bits per heavy atom. The first-order valence-corrected chi connectivity index (χ1v) is 9.23. The average molecular weight is 375 g/mol. The van der Waals surface area contributed by atoms with E-state index in [-0.39, 0.29) is 18.3 Å². The minimum atomic E-state index is -0.264. The summed E-state index contributed by atoms with van der Waals surface area (Å²) in [6, 6.07) is 19.3. The summed E-state index contributed by atoms with van der Waals surface area (Å²) in [7, 11) is 0. The molecule has 0 saturated heterocycles. The van der Waals surface area contributed by atoms with Crippen LogP contribution in [0.1, 0.15) is 28.9 Å². The number of furan rings is 1. The van der Waals surface area contributed by atoms with E-state index in [9.17, 15) is 4.79 Å². The fourth-order valence-corrected chi connectivity index (χ4v) is 3.10. The molecule has 0 atom stereocenters. The normalized spacial score (nSPS) is 10.9. The van der Waals surface area contributed by atoms with Crippen LogP contribution in [0.5, 0.6) is 5.75 Å². The highest BCUT2D eigenvalue weighted by molar-refractivity contribution is 5.91. The molecule has 6 heteroatoms. The molecule has 142 valence electrons. The van der Waals surface area contributed by atoms with E-state index in [1.165, 1.54) is 0 Å². The van der Waals surface area contributed by atoms with Crippen molar-refractivity contribution >= 4 is 16.7 Å². The van der Waals surface area contributed by atoms with Gasteiger partial charge in [-0.05, 0) is 36.6 Å². The van der Waals surface area contributed by atoms with Crippen molar-refractivity contribution in [1.29, 1.82) is 0 Å². The summed E-state index contributed by atoms with van der Waals surface area (Å²) in [5, 5.41) is 9.20. The third kappa shape index (κ3) is 3.76. The van der Waals surface area contributed by atoms with E-state index < -0.39 is 0 Å². The number of nitrogens with zero attached hydrogens (tertiary/aromatic N) is 2. The number of carbonyl (C=O) groups is 1. The van der Waals surface area contributed by atoms with Gasteiger partial charge in [0, 0.05) is 18.1 Å². The van der Waals surface area contributed by atoms with Crippen LogP contribution in [-0.2, 0) is 19.7 Å². The lowest BCUT2D eigenvalue weighted by Crippen LogP contribution is -2.24. The zero-order chi connectivity index (χ0) is 19.3. The summed E-state index contributed by atoms with van der Waals surface area (Å²) >= 11 is 0. The number of hydrogen-bond donors (Lipinski definition) is 1. The topological polar surface area (TPSA) is 69.3 Å². The first-order valence-electron chi connectivity index (χ1n) is 9.23. The van der Waals surface area contributed by atoms with Crippen molar-refractivity contribution in [3.63, 3.8) is 0 Å². The third-order valence-electron chi connectivity index (χ3n) is 4.54. The molecule has 1 amide bonds. The second-order valence-corrected chi connectivity index (χ2v) is 6.35. The molecule has 4 aromatic rings. The Bertz CT molecular complexity index is 1090. The molecule has 0 fully saturated rings. The molecule has 1 N–H and O–H groups in total. The van der Waals surface area contributed by atoms with E-state index in [0.29, 0.717) is 12.3 Å². The average Bonchev–Trinajstić information content (AvgIpc) is 3.39. The van der Waals surface area contributed by atoms with E-state index in [0.717, 1.165) is 28.8 Å². The van der Waals surface area contributed by atoms with Gasteiger partial charge in [0.15, 0.2) is 5.76 Å². The monoisotopic (exact) mass is 375 g/mol. The van der Waals surface area contributed by atoms with Gasteiger partial charge in [0.05, 0.1) is 12.2 Å². The van der Waals surface area contributed by atoms with Gasteiger partial charge in [0.1, 0.15) is 18.1 Å². The van der Waals surface area contributed by atoms with Crippen LogP contribution in [0.3, 0.4) is 0 Å². The summed E-state index contributed by atoms with van der Waals surface area (Å²) < 4.78 is 13.4. The number of amides is 1. The van der Waals surface area contributed by atoms with Gasteiger partial charge < -0.3 is 14.5 Å². The van der Waals surface area contributed by atoms with Crippen LogP contribution in [-0.4, -0.2) is 15.7 Å². The fraction of sp³-hybridized carbons (Fsp3) is 0.182. The van der Waals surface area contributed by atoms with Crippen LogP contribution < -0.4 is 10.1 Å². The first kappa shape index (κ1) is 17.9. The number of aryl methyl sites for hydroxylation is 1. The molecule has 2 heterocycles. The molecule has 0 saturated carbocycles. The van der Waals surface area contributed by atoms with Crippen LogP contribution in [0.4, 0.5) is 0 Å². The molecule has 0 spiro atoms. The molecular formula is C22H21N3O3. The molecule has 0 bridgehead atoms. The smallest absolute Gasteiger partial charge is 0.287 e. The number of benzene rings is 2. The molecule has 2 aromatic heterocycles. The number of hydrogen-bond acceptors (Lipinski definition) is 4. The summed E-state index contributed by atoms with van der Waals surface area (Å²) in [5.41, 5.74) is 0.946. The van der Waals surface area contributed by atoms with Crippen LogP contribution in [0.2, 0.25) is 0 Å². The minimum Gasteiger partial charge on any atom is -0.485 e. The number of aromatic nitrogens is 2. The number of ether oxygens (including phenoxy) is 1. The molecule has 0 radical (unpaired) electrons. The molecule has 0 unspecified atom stereocenters. The van der Waals surface area contributed by atoms with E-state index in [1.54, 1.807) is 18.3 Å². The highest BCUT2D eigenvalue weighted by atomic mass is 16.5. The Hall–Kier alpha value is -3.54. The summed E-state index contributed by atoms with van der Waals surface area (Å²) in [4.78, 5) is 12.3. The van der Waals surface area contributed by atoms with Crippen molar-refractivity contribution in [1.82, 2.24) is 15.1 Å². The van der Waals surface area contributed by atoms with Gasteiger partial charge in [-0.15, -0.1) is 0 Å². The molecule has 6 nitrogen and oxygen atoms in total. The zero-order valence-electron chi connectivity index (χ0n) is 15.6. The Morgan fingerprint density at radius 2 is 1.96 bits per heavy atom. The SMILES string of the molecule is CCn1nccc1CNC(=O)c1ccc(COc2cccc3ccccc23)o1. The Labute approximate surface area is 162 Å². The fourth-order valence-electron chi connectivity index (χ4n) is 3.10. The first-order chi connectivity index (χ1) is 13.7. The number of rotatable bonds is 7. The summed E-state index contributed by atoms with van der Waals surface area (Å²) in [5.74, 6) is 1.38. The van der Waals surface area contributed by atoms with Gasteiger partial charge in [0.2, 0.25) is 0 Å². The van der Waals surface area contributed by atoms with Crippen molar-refractivity contribution < 1.29 is 13.9 Å². The lowest BCUT2D eigenvalue weighted by molar-refractivity contribution is 0.0918. The van der Waals surface area contributed by atoms with Crippen molar-refractivity contribution in [2.75, 3.05) is 0 Å². The van der Waals surface area contributed by atoms with E-state index in [4.69, 9.17) is 9.15 Å². The van der Waals surface area contributed by atoms with Crippen LogP contribution in [0, 0.1) is 0 Å². The highest BCUT2D eigenvalue weighted by Crippen LogP contribution is 2.26. The Kier molecular flexibility index (Phi) is 5.10. The number of carbonyl (C=O) groups excluding carboxylic acids is 1. The summed E-state index contributed by atoms with van der Waals surface area (Å²) in [6.45, 7) is 3.42. The van der Waals surface area contributed by atoms with E-state index in [1.807, 2.05) is 60.1 Å². The Balaban J connectivity index is 1.38. The van der Waals surface area contributed by atoms with Gasteiger partial charge in [-0.2, -0.15) is 5.10 Å². The molecule has 4 rings (SSSR count). The lowest BCUT2D eigenvalue weighted by Gasteiger charge is -2.08. The maximum atomic E-state index is 12.3. The van der Waals surface area contributed by atoms with Crippen molar-refractivity contribution in [2.24, 2.45) is 0 Å². The zero-order valence-corrected chi connectivity index (χ0v) is 15.6. The quantitative estimate of drug-likeness (QED) is 0.527.